The molecule has 3 nitrogen and oxygen atoms in total. The first-order chi connectivity index (χ1) is 8.63. The zero-order valence-corrected chi connectivity index (χ0v) is 11.8. The van der Waals surface area contributed by atoms with Crippen molar-refractivity contribution in [2.75, 3.05) is 12.0 Å². The predicted molar refractivity (Wildman–Crippen MR) is 76.7 cm³/mol. The van der Waals surface area contributed by atoms with Crippen LogP contribution >= 0.6 is 11.8 Å². The fourth-order valence-corrected chi connectivity index (χ4v) is 2.58. The van der Waals surface area contributed by atoms with Gasteiger partial charge in [-0.3, -0.25) is 0 Å². The maximum atomic E-state index is 5.88. The lowest BCUT2D eigenvalue weighted by atomic mass is 9.99. The Morgan fingerprint density at radius 2 is 2.06 bits per heavy atom. The number of hydrogen-bond acceptors (Lipinski definition) is 4. The Morgan fingerprint density at radius 3 is 2.72 bits per heavy atom. The Bertz CT molecular complexity index is 534. The molecule has 0 fully saturated rings. The number of rotatable bonds is 4. The number of nitrogens with zero attached hydrogens (tertiary/aromatic N) is 1. The minimum Gasteiger partial charge on any atom is -0.367 e. The molecule has 96 valence electrons. The highest BCUT2D eigenvalue weighted by Gasteiger charge is 2.18. The summed E-state index contributed by atoms with van der Waals surface area (Å²) in [5.74, 6) is 0.960. The van der Waals surface area contributed by atoms with Crippen LogP contribution in [0.2, 0.25) is 0 Å². The molecule has 0 aliphatic heterocycles. The van der Waals surface area contributed by atoms with Crippen LogP contribution in [-0.4, -0.2) is 11.4 Å². The van der Waals surface area contributed by atoms with Crippen molar-refractivity contribution in [3.63, 3.8) is 0 Å². The van der Waals surface area contributed by atoms with Crippen molar-refractivity contribution in [2.45, 2.75) is 25.2 Å². The summed E-state index contributed by atoms with van der Waals surface area (Å²) in [7, 11) is 0. The van der Waals surface area contributed by atoms with E-state index in [4.69, 9.17) is 10.3 Å². The Balaban J connectivity index is 2.50. The van der Waals surface area contributed by atoms with Crippen molar-refractivity contribution < 1.29 is 4.52 Å². The molecule has 0 unspecified atom stereocenters. The minimum atomic E-state index is 0.439. The second-order valence-electron chi connectivity index (χ2n) is 4.67. The van der Waals surface area contributed by atoms with Crippen LogP contribution in [0, 0.1) is 5.92 Å². The first-order valence-corrected chi connectivity index (χ1v) is 7.23. The Labute approximate surface area is 112 Å². The van der Waals surface area contributed by atoms with Gasteiger partial charge in [0.15, 0.2) is 0 Å². The van der Waals surface area contributed by atoms with E-state index in [0.29, 0.717) is 11.8 Å². The van der Waals surface area contributed by atoms with Gasteiger partial charge in [0.05, 0.1) is 0 Å². The van der Waals surface area contributed by atoms with E-state index in [0.717, 1.165) is 23.2 Å². The molecular formula is C14H18N2OS. The van der Waals surface area contributed by atoms with Gasteiger partial charge in [-0.05, 0) is 24.7 Å². The summed E-state index contributed by atoms with van der Waals surface area (Å²) in [5.41, 5.74) is 8.88. The van der Waals surface area contributed by atoms with E-state index in [1.165, 1.54) is 4.90 Å². The molecular weight excluding hydrogens is 244 g/mol. The summed E-state index contributed by atoms with van der Waals surface area (Å²) >= 11 is 1.70. The molecule has 1 aromatic carbocycles. The first kappa shape index (κ1) is 13.0. The summed E-state index contributed by atoms with van der Waals surface area (Å²) in [5, 5.41) is 4.13. The fourth-order valence-electron chi connectivity index (χ4n) is 1.98. The Kier molecular flexibility index (Phi) is 3.97. The monoisotopic (exact) mass is 262 g/mol. The third-order valence-corrected chi connectivity index (χ3v) is 3.59. The predicted octanol–water partition coefficient (Wildman–Crippen LogP) is 3.84. The molecule has 4 heteroatoms. The normalized spacial score (nSPS) is 11.1. The summed E-state index contributed by atoms with van der Waals surface area (Å²) in [4.78, 5) is 1.19. The third kappa shape index (κ3) is 2.53. The van der Waals surface area contributed by atoms with Crippen LogP contribution in [0.25, 0.3) is 11.3 Å². The van der Waals surface area contributed by atoms with Gasteiger partial charge < -0.3 is 10.3 Å². The second kappa shape index (κ2) is 5.48. The van der Waals surface area contributed by atoms with Crippen molar-refractivity contribution in [2.24, 2.45) is 5.92 Å². The molecule has 0 saturated heterocycles. The largest absolute Gasteiger partial charge is 0.367 e. The molecule has 0 amide bonds. The average Bonchev–Trinajstić information content (AvgIpc) is 2.70. The molecule has 2 aromatic rings. The standard InChI is InChI=1S/C14H18N2OS/c1-9(2)8-11-13(16-17-14(11)15)10-6-4-5-7-12(10)18-3/h4-7,9H,8,15H2,1-3H3. The smallest absolute Gasteiger partial charge is 0.225 e. The zero-order chi connectivity index (χ0) is 13.1. The van der Waals surface area contributed by atoms with Crippen molar-refractivity contribution in [1.82, 2.24) is 5.16 Å². The Hall–Kier alpha value is -1.42. The average molecular weight is 262 g/mol. The van der Waals surface area contributed by atoms with Crippen LogP contribution in [0.5, 0.6) is 0 Å². The van der Waals surface area contributed by atoms with Crippen molar-refractivity contribution >= 4 is 17.6 Å². The molecule has 0 spiro atoms. The molecule has 18 heavy (non-hydrogen) atoms. The summed E-state index contributed by atoms with van der Waals surface area (Å²) < 4.78 is 5.17. The van der Waals surface area contributed by atoms with Crippen molar-refractivity contribution in [3.05, 3.63) is 29.8 Å². The lowest BCUT2D eigenvalue weighted by Crippen LogP contribution is -1.99. The number of benzene rings is 1. The van der Waals surface area contributed by atoms with Gasteiger partial charge >= 0.3 is 0 Å². The molecule has 1 heterocycles. The minimum absolute atomic E-state index is 0.439. The molecule has 0 atom stereocenters. The molecule has 0 aliphatic carbocycles. The van der Waals surface area contributed by atoms with Gasteiger partial charge in [-0.1, -0.05) is 37.2 Å². The number of anilines is 1. The highest BCUT2D eigenvalue weighted by atomic mass is 32.2. The number of hydrogen-bond donors (Lipinski definition) is 1. The van der Waals surface area contributed by atoms with E-state index >= 15 is 0 Å². The first-order valence-electron chi connectivity index (χ1n) is 6.01. The van der Waals surface area contributed by atoms with E-state index in [-0.39, 0.29) is 0 Å². The van der Waals surface area contributed by atoms with Crippen LogP contribution in [-0.2, 0) is 6.42 Å². The van der Waals surface area contributed by atoms with Crippen LogP contribution in [0.1, 0.15) is 19.4 Å². The quantitative estimate of drug-likeness (QED) is 0.850. The summed E-state index contributed by atoms with van der Waals surface area (Å²) in [6.45, 7) is 4.33. The van der Waals surface area contributed by atoms with Gasteiger partial charge in [-0.15, -0.1) is 11.8 Å². The van der Waals surface area contributed by atoms with Crippen LogP contribution in [0.3, 0.4) is 0 Å². The van der Waals surface area contributed by atoms with Gasteiger partial charge in [0.25, 0.3) is 0 Å². The molecule has 2 N–H and O–H groups in total. The Morgan fingerprint density at radius 1 is 1.33 bits per heavy atom. The molecule has 0 saturated carbocycles. The maximum absolute atomic E-state index is 5.88. The molecule has 1 aromatic heterocycles. The van der Waals surface area contributed by atoms with Gasteiger partial charge in [-0.25, -0.2) is 0 Å². The lowest BCUT2D eigenvalue weighted by Gasteiger charge is -2.08. The molecule has 0 bridgehead atoms. The number of nitrogens with two attached hydrogens (primary N) is 1. The third-order valence-electron chi connectivity index (χ3n) is 2.79. The molecule has 0 radical (unpaired) electrons. The number of nitrogen functional groups attached to an aromatic ring is 1. The number of aromatic nitrogens is 1. The molecule has 0 aliphatic rings. The van der Waals surface area contributed by atoms with E-state index in [2.05, 4.69) is 37.4 Å². The molecule has 2 rings (SSSR count). The van der Waals surface area contributed by atoms with Gasteiger partial charge in [0, 0.05) is 16.0 Å². The van der Waals surface area contributed by atoms with E-state index < -0.39 is 0 Å². The van der Waals surface area contributed by atoms with Crippen molar-refractivity contribution in [3.8, 4) is 11.3 Å². The summed E-state index contributed by atoms with van der Waals surface area (Å²) in [6.07, 6.45) is 2.94. The van der Waals surface area contributed by atoms with E-state index in [1.807, 2.05) is 12.1 Å². The second-order valence-corrected chi connectivity index (χ2v) is 5.52. The van der Waals surface area contributed by atoms with Crippen LogP contribution in [0.4, 0.5) is 5.88 Å². The maximum Gasteiger partial charge on any atom is 0.225 e. The SMILES string of the molecule is CSc1ccccc1-c1noc(N)c1CC(C)C. The van der Waals surface area contributed by atoms with Crippen LogP contribution in [0.15, 0.2) is 33.7 Å². The van der Waals surface area contributed by atoms with Crippen molar-refractivity contribution in [1.29, 1.82) is 0 Å². The topological polar surface area (TPSA) is 52.0 Å². The van der Waals surface area contributed by atoms with Gasteiger partial charge in [0.2, 0.25) is 5.88 Å². The van der Waals surface area contributed by atoms with E-state index in [9.17, 15) is 0 Å². The highest BCUT2D eigenvalue weighted by Crippen LogP contribution is 2.34. The summed E-state index contributed by atoms with van der Waals surface area (Å²) in [6, 6.07) is 8.19. The highest BCUT2D eigenvalue weighted by molar-refractivity contribution is 7.98. The zero-order valence-electron chi connectivity index (χ0n) is 10.9. The number of thioether (sulfide) groups is 1. The fraction of sp³-hybridized carbons (Fsp3) is 0.357. The van der Waals surface area contributed by atoms with Crippen LogP contribution < -0.4 is 5.73 Å². The van der Waals surface area contributed by atoms with Gasteiger partial charge in [0.1, 0.15) is 5.69 Å². The van der Waals surface area contributed by atoms with E-state index in [1.54, 1.807) is 11.8 Å². The van der Waals surface area contributed by atoms with Gasteiger partial charge in [-0.2, -0.15) is 0 Å². The lowest BCUT2D eigenvalue weighted by molar-refractivity contribution is 0.438.